The van der Waals surface area contributed by atoms with Gasteiger partial charge in [0.25, 0.3) is 0 Å². The number of hydrogen-bond acceptors (Lipinski definition) is 1. The molecule has 0 amide bonds. The van der Waals surface area contributed by atoms with Gasteiger partial charge in [0.1, 0.15) is 0 Å². The first-order valence-electron chi connectivity index (χ1n) is 5.65. The Balaban J connectivity index is 2.08. The Hall–Kier alpha value is 0.440. The number of alkyl halides is 1. The average molecular weight is 261 g/mol. The number of halogens is 1. The van der Waals surface area contributed by atoms with Crippen LogP contribution >= 0.6 is 15.9 Å². The summed E-state index contributed by atoms with van der Waals surface area (Å²) in [4.78, 5) is 0. The standard InChI is InChI=1S/C12H21BrO/c1-10(2)4-6-12(8-10)7-5-11(3,9-13)14-12/h4-9H2,1-3H3. The minimum atomic E-state index is 0.0976. The first kappa shape index (κ1) is 10.9. The van der Waals surface area contributed by atoms with Gasteiger partial charge in [-0.05, 0) is 44.4 Å². The van der Waals surface area contributed by atoms with Crippen molar-refractivity contribution in [2.75, 3.05) is 5.33 Å². The van der Waals surface area contributed by atoms with E-state index in [4.69, 9.17) is 4.74 Å². The summed E-state index contributed by atoms with van der Waals surface area (Å²) >= 11 is 3.57. The fourth-order valence-electron chi connectivity index (χ4n) is 3.13. The van der Waals surface area contributed by atoms with E-state index in [0.717, 1.165) is 5.33 Å². The molecular weight excluding hydrogens is 240 g/mol. The third-order valence-corrected chi connectivity index (χ3v) is 5.10. The summed E-state index contributed by atoms with van der Waals surface area (Å²) in [5.74, 6) is 0. The molecule has 1 spiro atoms. The molecule has 0 aromatic rings. The number of ether oxygens (including phenoxy) is 1. The van der Waals surface area contributed by atoms with Crippen LogP contribution in [0.2, 0.25) is 0 Å². The van der Waals surface area contributed by atoms with Crippen molar-refractivity contribution in [3.63, 3.8) is 0 Å². The molecule has 2 fully saturated rings. The second-order valence-electron chi connectivity index (χ2n) is 6.21. The van der Waals surface area contributed by atoms with Gasteiger partial charge in [-0.25, -0.2) is 0 Å². The van der Waals surface area contributed by atoms with Crippen molar-refractivity contribution >= 4 is 15.9 Å². The second kappa shape index (κ2) is 3.21. The Bertz CT molecular complexity index is 238. The molecular formula is C12H21BrO. The molecule has 0 aromatic heterocycles. The fraction of sp³-hybridized carbons (Fsp3) is 1.00. The third-order valence-electron chi connectivity index (χ3n) is 3.91. The number of rotatable bonds is 1. The van der Waals surface area contributed by atoms with Gasteiger partial charge >= 0.3 is 0 Å². The van der Waals surface area contributed by atoms with Gasteiger partial charge in [0.05, 0.1) is 11.2 Å². The van der Waals surface area contributed by atoms with Crippen LogP contribution in [0.1, 0.15) is 52.9 Å². The van der Waals surface area contributed by atoms with E-state index in [9.17, 15) is 0 Å². The van der Waals surface area contributed by atoms with Crippen LogP contribution in [-0.2, 0) is 4.74 Å². The largest absolute Gasteiger partial charge is 0.368 e. The lowest BCUT2D eigenvalue weighted by atomic mass is 9.88. The lowest BCUT2D eigenvalue weighted by molar-refractivity contribution is -0.0825. The zero-order valence-electron chi connectivity index (χ0n) is 9.53. The van der Waals surface area contributed by atoms with Crippen molar-refractivity contribution in [3.05, 3.63) is 0 Å². The first-order valence-corrected chi connectivity index (χ1v) is 6.77. The molecule has 2 unspecified atom stereocenters. The lowest BCUT2D eigenvalue weighted by Gasteiger charge is -2.30. The highest BCUT2D eigenvalue weighted by atomic mass is 79.9. The Morgan fingerprint density at radius 2 is 1.71 bits per heavy atom. The van der Waals surface area contributed by atoms with Crippen LogP contribution < -0.4 is 0 Å². The van der Waals surface area contributed by atoms with Crippen LogP contribution in [0.3, 0.4) is 0 Å². The second-order valence-corrected chi connectivity index (χ2v) is 6.77. The smallest absolute Gasteiger partial charge is 0.0759 e. The highest BCUT2D eigenvalue weighted by molar-refractivity contribution is 9.09. The molecule has 1 saturated heterocycles. The zero-order chi connectivity index (χ0) is 10.4. The maximum absolute atomic E-state index is 6.34. The van der Waals surface area contributed by atoms with Gasteiger partial charge in [0.15, 0.2) is 0 Å². The zero-order valence-corrected chi connectivity index (χ0v) is 11.1. The predicted octanol–water partition coefficient (Wildman–Crippen LogP) is 3.90. The Morgan fingerprint density at radius 3 is 2.14 bits per heavy atom. The highest BCUT2D eigenvalue weighted by Crippen LogP contribution is 2.54. The first-order chi connectivity index (χ1) is 6.39. The topological polar surface area (TPSA) is 9.23 Å². The van der Waals surface area contributed by atoms with Gasteiger partial charge in [0, 0.05) is 5.33 Å². The molecule has 1 aliphatic heterocycles. The summed E-state index contributed by atoms with van der Waals surface area (Å²) in [5, 5.41) is 0.974. The summed E-state index contributed by atoms with van der Waals surface area (Å²) in [7, 11) is 0. The van der Waals surface area contributed by atoms with Crippen molar-refractivity contribution in [1.29, 1.82) is 0 Å². The van der Waals surface area contributed by atoms with Crippen LogP contribution in [0, 0.1) is 5.41 Å². The minimum absolute atomic E-state index is 0.0976. The van der Waals surface area contributed by atoms with Crippen molar-refractivity contribution in [2.45, 2.75) is 64.1 Å². The molecule has 0 radical (unpaired) electrons. The summed E-state index contributed by atoms with van der Waals surface area (Å²) in [6.45, 7) is 6.98. The van der Waals surface area contributed by atoms with E-state index in [0.29, 0.717) is 5.41 Å². The van der Waals surface area contributed by atoms with E-state index < -0.39 is 0 Å². The molecule has 0 bridgehead atoms. The van der Waals surface area contributed by atoms with Gasteiger partial charge < -0.3 is 4.74 Å². The fourth-order valence-corrected chi connectivity index (χ4v) is 3.52. The van der Waals surface area contributed by atoms with Crippen LogP contribution in [-0.4, -0.2) is 16.5 Å². The monoisotopic (exact) mass is 260 g/mol. The maximum Gasteiger partial charge on any atom is 0.0759 e. The van der Waals surface area contributed by atoms with Crippen LogP contribution in [0.15, 0.2) is 0 Å². The van der Waals surface area contributed by atoms with Gasteiger partial charge in [-0.15, -0.1) is 0 Å². The Kier molecular flexibility index (Phi) is 2.51. The van der Waals surface area contributed by atoms with E-state index in [1.165, 1.54) is 32.1 Å². The molecule has 14 heavy (non-hydrogen) atoms. The van der Waals surface area contributed by atoms with Gasteiger partial charge in [-0.2, -0.15) is 0 Å². The summed E-state index contributed by atoms with van der Waals surface area (Å²) in [6.07, 6.45) is 6.32. The van der Waals surface area contributed by atoms with Crippen molar-refractivity contribution in [1.82, 2.24) is 0 Å². The molecule has 82 valence electrons. The van der Waals surface area contributed by atoms with Crippen molar-refractivity contribution in [2.24, 2.45) is 5.41 Å². The molecule has 2 aliphatic rings. The lowest BCUT2D eigenvalue weighted by Crippen LogP contribution is -2.33. The third kappa shape index (κ3) is 1.88. The molecule has 1 heterocycles. The molecule has 2 atom stereocenters. The Morgan fingerprint density at radius 1 is 1.07 bits per heavy atom. The van der Waals surface area contributed by atoms with Crippen LogP contribution in [0.25, 0.3) is 0 Å². The molecule has 0 N–H and O–H groups in total. The van der Waals surface area contributed by atoms with E-state index in [1.807, 2.05) is 0 Å². The SMILES string of the molecule is CC1(C)CCC2(CCC(C)(CBr)O2)C1. The van der Waals surface area contributed by atoms with E-state index in [2.05, 4.69) is 36.7 Å². The average Bonchev–Trinajstić information content (AvgIpc) is 2.56. The van der Waals surface area contributed by atoms with Crippen LogP contribution in [0.4, 0.5) is 0 Å². The van der Waals surface area contributed by atoms with Crippen molar-refractivity contribution in [3.8, 4) is 0 Å². The van der Waals surface area contributed by atoms with Crippen LogP contribution in [0.5, 0.6) is 0 Å². The quantitative estimate of drug-likeness (QED) is 0.650. The predicted molar refractivity (Wildman–Crippen MR) is 62.9 cm³/mol. The summed E-state index contributed by atoms with van der Waals surface area (Å²) < 4.78 is 6.34. The molecule has 1 nitrogen and oxygen atoms in total. The Labute approximate surface area is 95.7 Å². The molecule has 2 rings (SSSR count). The molecule has 1 saturated carbocycles. The molecule has 1 aliphatic carbocycles. The maximum atomic E-state index is 6.34. The summed E-state index contributed by atoms with van der Waals surface area (Å²) in [6, 6.07) is 0. The minimum Gasteiger partial charge on any atom is -0.368 e. The normalized spacial score (nSPS) is 46.3. The van der Waals surface area contributed by atoms with Crippen molar-refractivity contribution < 1.29 is 4.74 Å². The highest BCUT2D eigenvalue weighted by Gasteiger charge is 2.51. The van der Waals surface area contributed by atoms with E-state index >= 15 is 0 Å². The van der Waals surface area contributed by atoms with Gasteiger partial charge in [-0.1, -0.05) is 29.8 Å². The summed E-state index contributed by atoms with van der Waals surface area (Å²) in [5.41, 5.74) is 0.823. The van der Waals surface area contributed by atoms with E-state index in [-0.39, 0.29) is 11.2 Å². The van der Waals surface area contributed by atoms with Gasteiger partial charge in [0.2, 0.25) is 0 Å². The number of hydrogen-bond donors (Lipinski definition) is 0. The molecule has 0 aromatic carbocycles. The molecule has 2 heteroatoms. The van der Waals surface area contributed by atoms with Gasteiger partial charge in [-0.3, -0.25) is 0 Å². The van der Waals surface area contributed by atoms with E-state index in [1.54, 1.807) is 0 Å².